The van der Waals surface area contributed by atoms with Crippen LogP contribution >= 0.6 is 11.8 Å². The fourth-order valence-electron chi connectivity index (χ4n) is 3.19. The number of aromatic amines is 1. The van der Waals surface area contributed by atoms with Crippen LogP contribution in [-0.4, -0.2) is 69.0 Å². The molecule has 1 saturated heterocycles. The molecule has 1 aromatic heterocycles. The second-order valence-electron chi connectivity index (χ2n) is 6.32. The fraction of sp³-hybridized carbons (Fsp3) is 0.471. The molecule has 0 saturated carbocycles. The van der Waals surface area contributed by atoms with E-state index in [2.05, 4.69) is 27.0 Å². The molecule has 1 N–H and O–H groups in total. The average molecular weight is 343 g/mol. The molecule has 0 bridgehead atoms. The van der Waals surface area contributed by atoms with Gasteiger partial charge in [0.05, 0.1) is 24.2 Å². The Balaban J connectivity index is 1.36. The van der Waals surface area contributed by atoms with Crippen LogP contribution < -0.4 is 0 Å². The molecule has 1 atom stereocenters. The van der Waals surface area contributed by atoms with Crippen molar-refractivity contribution in [3.05, 3.63) is 30.0 Å². The standard InChI is InChI=1S/C17H21N5OS/c1-12-11-18-17(24-12)22-8-6-21(7-9-22)16(23)10-15-13-4-2-3-5-14(13)19-20-15/h2-5,12H,6-11H2,1H3,(H,19,20)/t12-/m0/s1. The molecule has 0 unspecified atom stereocenters. The number of hydrogen-bond donors (Lipinski definition) is 1. The van der Waals surface area contributed by atoms with Crippen molar-refractivity contribution in [1.29, 1.82) is 0 Å². The van der Waals surface area contributed by atoms with Crippen LogP contribution in [0.25, 0.3) is 10.9 Å². The third-order valence-electron chi connectivity index (χ3n) is 4.56. The van der Waals surface area contributed by atoms with Crippen molar-refractivity contribution >= 4 is 33.7 Å². The highest BCUT2D eigenvalue weighted by atomic mass is 32.2. The number of carbonyl (C=O) groups is 1. The van der Waals surface area contributed by atoms with E-state index in [1.165, 1.54) is 0 Å². The van der Waals surface area contributed by atoms with Gasteiger partial charge in [0.1, 0.15) is 0 Å². The number of H-pyrrole nitrogens is 1. The minimum atomic E-state index is 0.165. The molecule has 0 spiro atoms. The highest BCUT2D eigenvalue weighted by molar-refractivity contribution is 8.14. The maximum Gasteiger partial charge on any atom is 0.228 e. The Morgan fingerprint density at radius 1 is 1.29 bits per heavy atom. The molecule has 2 aromatic rings. The van der Waals surface area contributed by atoms with Crippen LogP contribution in [0.2, 0.25) is 0 Å². The Morgan fingerprint density at radius 2 is 2.08 bits per heavy atom. The molecule has 0 radical (unpaired) electrons. The monoisotopic (exact) mass is 343 g/mol. The number of aromatic nitrogens is 2. The van der Waals surface area contributed by atoms with E-state index in [0.29, 0.717) is 11.7 Å². The molecule has 6 nitrogen and oxygen atoms in total. The second kappa shape index (κ2) is 6.47. The molecular weight excluding hydrogens is 322 g/mol. The van der Waals surface area contributed by atoms with Crippen LogP contribution in [0, 0.1) is 0 Å². The SMILES string of the molecule is C[C@H]1CN=C(N2CCN(C(=O)Cc3[nH]nc4ccccc34)CC2)S1. The van der Waals surface area contributed by atoms with Crippen LogP contribution in [0.1, 0.15) is 12.6 Å². The van der Waals surface area contributed by atoms with Gasteiger partial charge in [-0.2, -0.15) is 5.10 Å². The first kappa shape index (κ1) is 15.5. The number of nitrogens with zero attached hydrogens (tertiary/aromatic N) is 4. The van der Waals surface area contributed by atoms with E-state index in [4.69, 9.17) is 0 Å². The Kier molecular flexibility index (Phi) is 4.18. The number of carbonyl (C=O) groups excluding carboxylic acids is 1. The van der Waals surface area contributed by atoms with Gasteiger partial charge < -0.3 is 9.80 Å². The lowest BCUT2D eigenvalue weighted by atomic mass is 10.1. The number of amides is 1. The van der Waals surface area contributed by atoms with E-state index < -0.39 is 0 Å². The normalized spacial score (nSPS) is 21.4. The molecule has 0 aliphatic carbocycles. The van der Waals surface area contributed by atoms with Crippen molar-refractivity contribution in [3.8, 4) is 0 Å². The third kappa shape index (κ3) is 3.00. The quantitative estimate of drug-likeness (QED) is 0.902. The van der Waals surface area contributed by atoms with Crippen LogP contribution in [0.5, 0.6) is 0 Å². The lowest BCUT2D eigenvalue weighted by Crippen LogP contribution is -2.50. The van der Waals surface area contributed by atoms with E-state index >= 15 is 0 Å². The predicted octanol–water partition coefficient (Wildman–Crippen LogP) is 1.74. The van der Waals surface area contributed by atoms with E-state index in [1.54, 1.807) is 0 Å². The van der Waals surface area contributed by atoms with Gasteiger partial charge in [0, 0.05) is 36.8 Å². The first-order valence-electron chi connectivity index (χ1n) is 8.36. The zero-order valence-corrected chi connectivity index (χ0v) is 14.6. The number of fused-ring (bicyclic) bond motifs is 1. The fourth-order valence-corrected chi connectivity index (χ4v) is 4.18. The molecule has 1 amide bonds. The van der Waals surface area contributed by atoms with Crippen molar-refractivity contribution in [2.24, 2.45) is 4.99 Å². The Labute approximate surface area is 145 Å². The summed E-state index contributed by atoms with van der Waals surface area (Å²) in [7, 11) is 0. The number of nitrogens with one attached hydrogen (secondary N) is 1. The summed E-state index contributed by atoms with van der Waals surface area (Å²) >= 11 is 1.85. The number of piperazine rings is 1. The average Bonchev–Trinajstić information content (AvgIpc) is 3.22. The topological polar surface area (TPSA) is 64.6 Å². The number of rotatable bonds is 2. The van der Waals surface area contributed by atoms with Gasteiger partial charge in [-0.05, 0) is 6.07 Å². The van der Waals surface area contributed by atoms with Crippen molar-refractivity contribution in [2.45, 2.75) is 18.6 Å². The molecule has 7 heteroatoms. The Hall–Kier alpha value is -2.02. The number of aliphatic imine (C=N–C) groups is 1. The molecule has 4 rings (SSSR count). The predicted molar refractivity (Wildman–Crippen MR) is 97.3 cm³/mol. The first-order valence-corrected chi connectivity index (χ1v) is 9.24. The summed E-state index contributed by atoms with van der Waals surface area (Å²) in [6.07, 6.45) is 0.382. The van der Waals surface area contributed by atoms with Gasteiger partial charge in [0.15, 0.2) is 5.17 Å². The molecular formula is C17H21N5OS. The van der Waals surface area contributed by atoms with Gasteiger partial charge in [0.2, 0.25) is 5.91 Å². The number of benzene rings is 1. The summed E-state index contributed by atoms with van der Waals surface area (Å²) in [5, 5.41) is 10.0. The summed E-state index contributed by atoms with van der Waals surface area (Å²) in [5.74, 6) is 0.165. The van der Waals surface area contributed by atoms with Crippen LogP contribution in [0.3, 0.4) is 0 Å². The lowest BCUT2D eigenvalue weighted by Gasteiger charge is -2.35. The largest absolute Gasteiger partial charge is 0.348 e. The number of para-hydroxylation sites is 1. The van der Waals surface area contributed by atoms with Gasteiger partial charge in [-0.25, -0.2) is 0 Å². The molecule has 126 valence electrons. The molecule has 2 aliphatic heterocycles. The van der Waals surface area contributed by atoms with Gasteiger partial charge >= 0.3 is 0 Å². The van der Waals surface area contributed by atoms with Crippen molar-refractivity contribution in [2.75, 3.05) is 32.7 Å². The zero-order chi connectivity index (χ0) is 16.5. The maximum atomic E-state index is 12.6. The number of thioether (sulfide) groups is 1. The van der Waals surface area contributed by atoms with E-state index in [0.717, 1.165) is 54.5 Å². The molecule has 3 heterocycles. The van der Waals surface area contributed by atoms with Crippen LogP contribution in [-0.2, 0) is 11.2 Å². The smallest absolute Gasteiger partial charge is 0.228 e. The first-order chi connectivity index (χ1) is 11.7. The highest BCUT2D eigenvalue weighted by Gasteiger charge is 2.26. The summed E-state index contributed by atoms with van der Waals surface area (Å²) in [4.78, 5) is 21.5. The maximum absolute atomic E-state index is 12.6. The Morgan fingerprint density at radius 3 is 2.83 bits per heavy atom. The number of amidine groups is 1. The molecule has 24 heavy (non-hydrogen) atoms. The summed E-state index contributed by atoms with van der Waals surface area (Å²) in [5.41, 5.74) is 1.82. The summed E-state index contributed by atoms with van der Waals surface area (Å²) < 4.78 is 0. The lowest BCUT2D eigenvalue weighted by molar-refractivity contribution is -0.131. The van der Waals surface area contributed by atoms with Crippen molar-refractivity contribution in [3.63, 3.8) is 0 Å². The molecule has 1 fully saturated rings. The van der Waals surface area contributed by atoms with Crippen molar-refractivity contribution < 1.29 is 4.79 Å². The minimum absolute atomic E-state index is 0.165. The summed E-state index contributed by atoms with van der Waals surface area (Å²) in [6, 6.07) is 7.90. The molecule has 1 aromatic carbocycles. The van der Waals surface area contributed by atoms with Crippen LogP contribution in [0.4, 0.5) is 0 Å². The van der Waals surface area contributed by atoms with Gasteiger partial charge in [-0.1, -0.05) is 36.9 Å². The highest BCUT2D eigenvalue weighted by Crippen LogP contribution is 2.24. The summed E-state index contributed by atoms with van der Waals surface area (Å²) in [6.45, 7) is 6.38. The van der Waals surface area contributed by atoms with Gasteiger partial charge in [0.25, 0.3) is 0 Å². The Bertz CT molecular complexity index is 778. The van der Waals surface area contributed by atoms with E-state index in [1.807, 2.05) is 40.9 Å². The van der Waals surface area contributed by atoms with Gasteiger partial charge in [-0.15, -0.1) is 0 Å². The van der Waals surface area contributed by atoms with E-state index in [9.17, 15) is 4.79 Å². The third-order valence-corrected chi connectivity index (χ3v) is 5.71. The minimum Gasteiger partial charge on any atom is -0.348 e. The second-order valence-corrected chi connectivity index (χ2v) is 7.72. The van der Waals surface area contributed by atoms with E-state index in [-0.39, 0.29) is 5.91 Å². The zero-order valence-electron chi connectivity index (χ0n) is 13.7. The molecule has 2 aliphatic rings. The van der Waals surface area contributed by atoms with Crippen molar-refractivity contribution in [1.82, 2.24) is 20.0 Å². The van der Waals surface area contributed by atoms with Crippen LogP contribution in [0.15, 0.2) is 29.3 Å². The number of hydrogen-bond acceptors (Lipinski definition) is 5. The van der Waals surface area contributed by atoms with Gasteiger partial charge in [-0.3, -0.25) is 14.9 Å².